The molecule has 0 spiro atoms. The Kier molecular flexibility index (Phi) is 6.12. The van der Waals surface area contributed by atoms with E-state index in [1.807, 2.05) is 25.9 Å². The summed E-state index contributed by atoms with van der Waals surface area (Å²) >= 11 is 1.65. The Morgan fingerprint density at radius 1 is 1.48 bits per heavy atom. The Labute approximate surface area is 141 Å². The van der Waals surface area contributed by atoms with Crippen molar-refractivity contribution >= 4 is 23.2 Å². The third-order valence-corrected chi connectivity index (χ3v) is 5.37. The van der Waals surface area contributed by atoms with Crippen molar-refractivity contribution in [2.45, 2.75) is 33.2 Å². The first-order chi connectivity index (χ1) is 10.9. The zero-order chi connectivity index (χ0) is 17.0. The monoisotopic (exact) mass is 338 g/mol. The van der Waals surface area contributed by atoms with Crippen molar-refractivity contribution < 1.29 is 9.59 Å². The quantitative estimate of drug-likeness (QED) is 0.807. The summed E-state index contributed by atoms with van der Waals surface area (Å²) in [6.07, 6.45) is 1.23. The molecule has 1 atom stereocenters. The Morgan fingerprint density at radius 3 is 2.83 bits per heavy atom. The third kappa shape index (κ3) is 4.75. The van der Waals surface area contributed by atoms with Crippen LogP contribution in [0.4, 0.5) is 0 Å². The van der Waals surface area contributed by atoms with Crippen molar-refractivity contribution in [2.24, 2.45) is 5.92 Å². The van der Waals surface area contributed by atoms with Crippen LogP contribution in [0.5, 0.6) is 0 Å². The number of likely N-dealkylation sites (N-methyl/N-ethyl adjacent to an activating group) is 1. The summed E-state index contributed by atoms with van der Waals surface area (Å²) in [5.41, 5.74) is 0.988. The zero-order valence-electron chi connectivity index (χ0n) is 14.4. The van der Waals surface area contributed by atoms with Crippen LogP contribution < -0.4 is 5.32 Å². The van der Waals surface area contributed by atoms with E-state index in [-0.39, 0.29) is 17.7 Å². The number of aryl methyl sites for hydroxylation is 2. The van der Waals surface area contributed by atoms with Gasteiger partial charge in [-0.25, -0.2) is 4.98 Å². The minimum absolute atomic E-state index is 0.0310. The number of rotatable bonds is 7. The number of hydrogen-bond donors (Lipinski definition) is 1. The first kappa shape index (κ1) is 17.9. The van der Waals surface area contributed by atoms with Gasteiger partial charge in [-0.1, -0.05) is 6.92 Å². The van der Waals surface area contributed by atoms with Crippen molar-refractivity contribution in [3.63, 3.8) is 0 Å². The molecule has 128 valence electrons. The maximum atomic E-state index is 12.3. The number of carbonyl (C=O) groups is 2. The van der Waals surface area contributed by atoms with Crippen molar-refractivity contribution in [3.8, 4) is 0 Å². The second-order valence-electron chi connectivity index (χ2n) is 6.23. The molecule has 2 rings (SSSR count). The molecule has 0 aliphatic carbocycles. The maximum Gasteiger partial charge on any atom is 0.225 e. The Morgan fingerprint density at radius 2 is 2.22 bits per heavy atom. The van der Waals surface area contributed by atoms with E-state index in [9.17, 15) is 9.59 Å². The molecule has 1 aliphatic rings. The van der Waals surface area contributed by atoms with Gasteiger partial charge in [0.15, 0.2) is 0 Å². The number of amides is 2. The van der Waals surface area contributed by atoms with Crippen LogP contribution in [0.1, 0.15) is 28.9 Å². The largest absolute Gasteiger partial charge is 0.351 e. The fourth-order valence-electron chi connectivity index (χ4n) is 2.60. The highest BCUT2D eigenvalue weighted by Crippen LogP contribution is 2.20. The van der Waals surface area contributed by atoms with Gasteiger partial charge in [-0.15, -0.1) is 11.3 Å². The molecule has 1 aliphatic heterocycles. The lowest BCUT2D eigenvalue weighted by Gasteiger charge is -2.19. The number of aromatic nitrogens is 1. The van der Waals surface area contributed by atoms with Gasteiger partial charge in [0.1, 0.15) is 0 Å². The van der Waals surface area contributed by atoms with Crippen LogP contribution in [-0.2, 0) is 22.6 Å². The van der Waals surface area contributed by atoms with E-state index in [1.54, 1.807) is 16.2 Å². The molecule has 6 nitrogen and oxygen atoms in total. The summed E-state index contributed by atoms with van der Waals surface area (Å²) in [4.78, 5) is 33.7. The number of likely N-dealkylation sites (tertiary alicyclic amines) is 1. The molecule has 1 fully saturated rings. The van der Waals surface area contributed by atoms with Crippen LogP contribution in [0.3, 0.4) is 0 Å². The molecular weight excluding hydrogens is 312 g/mol. The molecule has 7 heteroatoms. The van der Waals surface area contributed by atoms with Crippen molar-refractivity contribution in [1.82, 2.24) is 20.1 Å². The second kappa shape index (κ2) is 7.88. The van der Waals surface area contributed by atoms with E-state index < -0.39 is 0 Å². The van der Waals surface area contributed by atoms with Gasteiger partial charge in [0.25, 0.3) is 0 Å². The predicted molar refractivity (Wildman–Crippen MR) is 91.3 cm³/mol. The predicted octanol–water partition coefficient (Wildman–Crippen LogP) is 1.04. The zero-order valence-corrected chi connectivity index (χ0v) is 15.2. The van der Waals surface area contributed by atoms with Crippen molar-refractivity contribution in [2.75, 3.05) is 33.7 Å². The third-order valence-electron chi connectivity index (χ3n) is 4.07. The van der Waals surface area contributed by atoms with Gasteiger partial charge >= 0.3 is 0 Å². The number of carbonyl (C=O) groups excluding carboxylic acids is 2. The van der Waals surface area contributed by atoms with Gasteiger partial charge in [-0.2, -0.15) is 0 Å². The molecule has 2 amide bonds. The molecule has 2 heterocycles. The van der Waals surface area contributed by atoms with Crippen LogP contribution in [0.2, 0.25) is 0 Å². The normalized spacial score (nSPS) is 18.0. The van der Waals surface area contributed by atoms with E-state index in [4.69, 9.17) is 0 Å². The summed E-state index contributed by atoms with van der Waals surface area (Å²) in [7, 11) is 3.96. The van der Waals surface area contributed by atoms with Crippen LogP contribution in [0.25, 0.3) is 0 Å². The average Bonchev–Trinajstić information content (AvgIpc) is 3.05. The van der Waals surface area contributed by atoms with E-state index in [1.165, 1.54) is 0 Å². The van der Waals surface area contributed by atoms with Gasteiger partial charge in [0.2, 0.25) is 11.8 Å². The molecule has 0 saturated carbocycles. The first-order valence-electron chi connectivity index (χ1n) is 8.06. The summed E-state index contributed by atoms with van der Waals surface area (Å²) in [5.74, 6) is -0.186. The number of thiazole rings is 1. The highest BCUT2D eigenvalue weighted by molar-refractivity contribution is 7.11. The van der Waals surface area contributed by atoms with Crippen LogP contribution in [0.15, 0.2) is 0 Å². The Balaban J connectivity index is 1.84. The molecule has 1 N–H and O–H groups in total. The summed E-state index contributed by atoms with van der Waals surface area (Å²) < 4.78 is 0. The summed E-state index contributed by atoms with van der Waals surface area (Å²) in [5, 5.41) is 4.06. The minimum Gasteiger partial charge on any atom is -0.351 e. The van der Waals surface area contributed by atoms with Crippen LogP contribution >= 0.6 is 11.3 Å². The fraction of sp³-hybridized carbons (Fsp3) is 0.688. The smallest absolute Gasteiger partial charge is 0.225 e. The minimum atomic E-state index is -0.233. The van der Waals surface area contributed by atoms with Crippen LogP contribution in [0, 0.1) is 12.8 Å². The standard InChI is InChI=1S/C16H26N4O2S/c1-5-14-18-11(2)13(23-14)9-17-16(22)12-8-15(21)20(10-12)7-6-19(3)4/h12H,5-10H2,1-4H3,(H,17,22)/t12-/m0/s1. The Hall–Kier alpha value is -1.47. The molecule has 0 radical (unpaired) electrons. The molecule has 0 aromatic carbocycles. The van der Waals surface area contributed by atoms with Crippen LogP contribution in [-0.4, -0.2) is 60.3 Å². The van der Waals surface area contributed by atoms with Gasteiger partial charge in [-0.3, -0.25) is 9.59 Å². The number of hydrogen-bond acceptors (Lipinski definition) is 5. The van der Waals surface area contributed by atoms with Gasteiger partial charge in [0, 0.05) is 30.9 Å². The molecule has 1 aromatic heterocycles. The van der Waals surface area contributed by atoms with Gasteiger partial charge in [0.05, 0.1) is 23.2 Å². The second-order valence-corrected chi connectivity index (χ2v) is 7.40. The van der Waals surface area contributed by atoms with Crippen molar-refractivity contribution in [1.29, 1.82) is 0 Å². The highest BCUT2D eigenvalue weighted by Gasteiger charge is 2.33. The van der Waals surface area contributed by atoms with E-state index >= 15 is 0 Å². The lowest BCUT2D eigenvalue weighted by Crippen LogP contribution is -2.35. The highest BCUT2D eigenvalue weighted by atomic mass is 32.1. The summed E-state index contributed by atoms with van der Waals surface area (Å²) in [6, 6.07) is 0. The first-order valence-corrected chi connectivity index (χ1v) is 8.87. The molecule has 1 saturated heterocycles. The topological polar surface area (TPSA) is 65.5 Å². The molecule has 0 bridgehead atoms. The van der Waals surface area contributed by atoms with Gasteiger partial charge in [-0.05, 0) is 27.4 Å². The van der Waals surface area contributed by atoms with Gasteiger partial charge < -0.3 is 15.1 Å². The summed E-state index contributed by atoms with van der Waals surface area (Å²) in [6.45, 7) is 6.58. The number of nitrogens with zero attached hydrogens (tertiary/aromatic N) is 3. The molecule has 0 unspecified atom stereocenters. The van der Waals surface area contributed by atoms with E-state index in [0.717, 1.165) is 28.5 Å². The molecule has 1 aromatic rings. The SMILES string of the molecule is CCc1nc(C)c(CNC(=O)[C@H]2CC(=O)N(CCN(C)C)C2)s1. The molecular formula is C16H26N4O2S. The molecule has 23 heavy (non-hydrogen) atoms. The number of nitrogens with one attached hydrogen (secondary N) is 1. The fourth-order valence-corrected chi connectivity index (χ4v) is 3.55. The lowest BCUT2D eigenvalue weighted by atomic mass is 10.1. The van der Waals surface area contributed by atoms with E-state index in [0.29, 0.717) is 26.1 Å². The van der Waals surface area contributed by atoms with Crippen molar-refractivity contribution in [3.05, 3.63) is 15.6 Å². The Bertz CT molecular complexity index is 570. The maximum absolute atomic E-state index is 12.3. The lowest BCUT2D eigenvalue weighted by molar-refractivity contribution is -0.129. The van der Waals surface area contributed by atoms with E-state index in [2.05, 4.69) is 17.2 Å². The average molecular weight is 338 g/mol.